The van der Waals surface area contributed by atoms with E-state index in [0.717, 1.165) is 63.0 Å². The van der Waals surface area contributed by atoms with Crippen molar-refractivity contribution < 1.29 is 9.90 Å². The molecule has 4 aliphatic rings. The molecular weight excluding hydrogens is 378 g/mol. The number of aliphatic hydroxyl groups excluding tert-OH is 1. The minimum atomic E-state index is -0.853. The average molecular weight is 414 g/mol. The lowest BCUT2D eigenvalue weighted by molar-refractivity contribution is -0.146. The summed E-state index contributed by atoms with van der Waals surface area (Å²) >= 11 is 0. The highest BCUT2D eigenvalue weighted by atomic mass is 16.3. The Bertz CT molecular complexity index is 839. The standard InChI is InChI=1S/C24H35N3O3/c28-22(18-6-2-1-3-7-18)24(30)26-13-17-12-20(16-26)21-9-8-19(23(29)27(21)14-17)15-25-10-4-5-11-25/h8-9,17-18,20,22,28H,1-7,10-16H2/t17-,20+,22+/m0/s1. The fourth-order valence-corrected chi connectivity index (χ4v) is 6.31. The van der Waals surface area contributed by atoms with Crippen LogP contribution in [0, 0.1) is 11.8 Å². The molecule has 6 heteroatoms. The van der Waals surface area contributed by atoms with E-state index in [1.807, 2.05) is 15.5 Å². The maximum Gasteiger partial charge on any atom is 0.255 e. The van der Waals surface area contributed by atoms with Gasteiger partial charge in [0.1, 0.15) is 6.10 Å². The number of rotatable bonds is 4. The summed E-state index contributed by atoms with van der Waals surface area (Å²) in [5, 5.41) is 10.7. The van der Waals surface area contributed by atoms with Gasteiger partial charge in [-0.25, -0.2) is 0 Å². The van der Waals surface area contributed by atoms with Crippen LogP contribution in [0.5, 0.6) is 0 Å². The molecule has 0 spiro atoms. The van der Waals surface area contributed by atoms with Crippen molar-refractivity contribution in [3.8, 4) is 0 Å². The van der Waals surface area contributed by atoms with Crippen LogP contribution in [0.15, 0.2) is 16.9 Å². The molecule has 3 atom stereocenters. The summed E-state index contributed by atoms with van der Waals surface area (Å²) < 4.78 is 1.99. The van der Waals surface area contributed by atoms with Gasteiger partial charge in [0.25, 0.3) is 11.5 Å². The van der Waals surface area contributed by atoms with Crippen molar-refractivity contribution in [2.24, 2.45) is 11.8 Å². The normalized spacial score (nSPS) is 28.4. The van der Waals surface area contributed by atoms with E-state index in [1.54, 1.807) is 0 Å². The van der Waals surface area contributed by atoms with Gasteiger partial charge in [-0.2, -0.15) is 0 Å². The zero-order chi connectivity index (χ0) is 20.7. The SMILES string of the molecule is O=C([C@H](O)C1CCCCC1)N1C[C@@H]2C[C@H](C1)c1ccc(CN3CCCC3)c(=O)n1C2. The molecule has 0 radical (unpaired) electrons. The third-order valence-electron chi connectivity index (χ3n) is 7.94. The van der Waals surface area contributed by atoms with Crippen LogP contribution in [0.3, 0.4) is 0 Å². The number of amides is 1. The molecule has 1 amide bonds. The molecule has 1 aromatic rings. The predicted molar refractivity (Wildman–Crippen MR) is 115 cm³/mol. The van der Waals surface area contributed by atoms with Crippen LogP contribution < -0.4 is 5.56 Å². The highest BCUT2D eigenvalue weighted by Crippen LogP contribution is 2.36. The molecule has 1 aromatic heterocycles. The van der Waals surface area contributed by atoms with Gasteiger partial charge in [-0.1, -0.05) is 25.3 Å². The first-order valence-corrected chi connectivity index (χ1v) is 12.0. The molecule has 2 saturated heterocycles. The van der Waals surface area contributed by atoms with E-state index in [0.29, 0.717) is 25.6 Å². The van der Waals surface area contributed by atoms with Crippen molar-refractivity contribution in [2.75, 3.05) is 26.2 Å². The first-order valence-electron chi connectivity index (χ1n) is 12.0. The Morgan fingerprint density at radius 1 is 1.03 bits per heavy atom. The number of carbonyl (C=O) groups is 1. The summed E-state index contributed by atoms with van der Waals surface area (Å²) in [5.74, 6) is 0.543. The minimum absolute atomic E-state index is 0.0851. The van der Waals surface area contributed by atoms with Crippen molar-refractivity contribution in [3.05, 3.63) is 33.7 Å². The number of carbonyl (C=O) groups excluding carboxylic acids is 1. The Labute approximate surface area is 178 Å². The molecular formula is C24H35N3O3. The zero-order valence-electron chi connectivity index (χ0n) is 18.0. The second kappa shape index (κ2) is 8.46. The molecule has 1 N–H and O–H groups in total. The minimum Gasteiger partial charge on any atom is -0.383 e. The smallest absolute Gasteiger partial charge is 0.255 e. The van der Waals surface area contributed by atoms with Gasteiger partial charge in [0, 0.05) is 43.4 Å². The summed E-state index contributed by atoms with van der Waals surface area (Å²) in [6, 6.07) is 4.14. The predicted octanol–water partition coefficient (Wildman–Crippen LogP) is 2.33. The van der Waals surface area contributed by atoms with Crippen LogP contribution >= 0.6 is 0 Å². The highest BCUT2D eigenvalue weighted by molar-refractivity contribution is 5.81. The third-order valence-corrected chi connectivity index (χ3v) is 7.94. The lowest BCUT2D eigenvalue weighted by Crippen LogP contribution is -2.53. The van der Waals surface area contributed by atoms with E-state index in [4.69, 9.17) is 0 Å². The maximum atomic E-state index is 13.2. The van der Waals surface area contributed by atoms with Crippen LogP contribution in [0.1, 0.15) is 68.5 Å². The number of hydrogen-bond acceptors (Lipinski definition) is 4. The zero-order valence-corrected chi connectivity index (χ0v) is 18.0. The molecule has 1 aliphatic carbocycles. The van der Waals surface area contributed by atoms with E-state index in [-0.39, 0.29) is 23.3 Å². The fourth-order valence-electron chi connectivity index (χ4n) is 6.31. The van der Waals surface area contributed by atoms with Gasteiger partial charge in [0.15, 0.2) is 0 Å². The van der Waals surface area contributed by atoms with Crippen LogP contribution in [0.25, 0.3) is 0 Å². The number of fused-ring (bicyclic) bond motifs is 4. The second-order valence-corrected chi connectivity index (χ2v) is 10.1. The number of aliphatic hydroxyl groups is 1. The van der Waals surface area contributed by atoms with Crippen molar-refractivity contribution >= 4 is 5.91 Å². The quantitative estimate of drug-likeness (QED) is 0.823. The number of hydrogen-bond donors (Lipinski definition) is 1. The van der Waals surface area contributed by atoms with Gasteiger partial charge in [-0.3, -0.25) is 14.5 Å². The van der Waals surface area contributed by atoms with Crippen LogP contribution in [0.4, 0.5) is 0 Å². The number of pyridine rings is 1. The summed E-state index contributed by atoms with van der Waals surface area (Å²) in [5.41, 5.74) is 2.14. The average Bonchev–Trinajstić information content (AvgIpc) is 3.29. The van der Waals surface area contributed by atoms with Gasteiger partial charge < -0.3 is 14.6 Å². The molecule has 2 bridgehead atoms. The maximum absolute atomic E-state index is 13.2. The number of nitrogens with zero attached hydrogens (tertiary/aromatic N) is 3. The van der Waals surface area contributed by atoms with Crippen LogP contribution in [-0.4, -0.2) is 57.7 Å². The molecule has 6 nitrogen and oxygen atoms in total. The Balaban J connectivity index is 1.31. The second-order valence-electron chi connectivity index (χ2n) is 10.1. The Hall–Kier alpha value is -1.66. The van der Waals surface area contributed by atoms with Gasteiger partial charge in [-0.05, 0) is 63.1 Å². The number of aromatic nitrogens is 1. The topological polar surface area (TPSA) is 65.8 Å². The Morgan fingerprint density at radius 2 is 1.80 bits per heavy atom. The van der Waals surface area contributed by atoms with Gasteiger partial charge >= 0.3 is 0 Å². The first-order chi connectivity index (χ1) is 14.6. The molecule has 3 aliphatic heterocycles. The van der Waals surface area contributed by atoms with Crippen molar-refractivity contribution in [3.63, 3.8) is 0 Å². The van der Waals surface area contributed by atoms with Gasteiger partial charge in [0.05, 0.1) is 0 Å². The highest BCUT2D eigenvalue weighted by Gasteiger charge is 2.39. The molecule has 4 heterocycles. The molecule has 164 valence electrons. The van der Waals surface area contributed by atoms with Crippen molar-refractivity contribution in [1.29, 1.82) is 0 Å². The lowest BCUT2D eigenvalue weighted by Gasteiger charge is -2.44. The summed E-state index contributed by atoms with van der Waals surface area (Å²) in [4.78, 5) is 30.5. The number of likely N-dealkylation sites (tertiary alicyclic amines) is 2. The van der Waals surface area contributed by atoms with Crippen LogP contribution in [0.2, 0.25) is 0 Å². The molecule has 30 heavy (non-hydrogen) atoms. The largest absolute Gasteiger partial charge is 0.383 e. The summed E-state index contributed by atoms with van der Waals surface area (Å²) in [6.45, 7) is 4.93. The van der Waals surface area contributed by atoms with E-state index in [9.17, 15) is 14.7 Å². The van der Waals surface area contributed by atoms with E-state index in [1.165, 1.54) is 19.3 Å². The molecule has 0 aromatic carbocycles. The molecule has 5 rings (SSSR count). The van der Waals surface area contributed by atoms with Crippen molar-refractivity contribution in [2.45, 2.75) is 76.5 Å². The third kappa shape index (κ3) is 3.84. The summed E-state index contributed by atoms with van der Waals surface area (Å²) in [7, 11) is 0. The Morgan fingerprint density at radius 3 is 2.57 bits per heavy atom. The molecule has 3 fully saturated rings. The van der Waals surface area contributed by atoms with Crippen molar-refractivity contribution in [1.82, 2.24) is 14.4 Å². The van der Waals surface area contributed by atoms with E-state index in [2.05, 4.69) is 11.0 Å². The monoisotopic (exact) mass is 413 g/mol. The van der Waals surface area contributed by atoms with E-state index >= 15 is 0 Å². The molecule has 0 unspecified atom stereocenters. The molecule has 1 saturated carbocycles. The Kier molecular flexibility index (Phi) is 5.71. The fraction of sp³-hybridized carbons (Fsp3) is 0.750. The van der Waals surface area contributed by atoms with Gasteiger partial charge in [0.2, 0.25) is 0 Å². The van der Waals surface area contributed by atoms with E-state index < -0.39 is 6.10 Å². The van der Waals surface area contributed by atoms with Crippen LogP contribution in [-0.2, 0) is 17.9 Å². The lowest BCUT2D eigenvalue weighted by atomic mass is 9.81. The first kappa shape index (κ1) is 20.3. The summed E-state index contributed by atoms with van der Waals surface area (Å²) in [6.07, 6.45) is 8.03. The number of piperidine rings is 1. The van der Waals surface area contributed by atoms with Gasteiger partial charge in [-0.15, -0.1) is 0 Å².